The predicted octanol–water partition coefficient (Wildman–Crippen LogP) is 1.70. The number of nitrogens with zero attached hydrogens (tertiary/aromatic N) is 2. The number of hydrogen-bond donors (Lipinski definition) is 2. The van der Waals surface area contributed by atoms with E-state index >= 15 is 0 Å². The molecule has 3 N–H and O–H groups in total. The first-order valence-electron chi connectivity index (χ1n) is 9.23. The van der Waals surface area contributed by atoms with Crippen LogP contribution in [-0.4, -0.2) is 41.4 Å². The lowest BCUT2D eigenvalue weighted by molar-refractivity contribution is -0.145. The van der Waals surface area contributed by atoms with Gasteiger partial charge in [0.25, 0.3) is 0 Å². The van der Waals surface area contributed by atoms with Gasteiger partial charge in [-0.2, -0.15) is 5.26 Å². The Morgan fingerprint density at radius 3 is 2.46 bits per heavy atom. The molecular weight excluding hydrogens is 304 g/mol. The van der Waals surface area contributed by atoms with Crippen LogP contribution < -0.4 is 11.1 Å². The van der Waals surface area contributed by atoms with Gasteiger partial charge in [-0.1, -0.05) is 32.1 Å². The average Bonchev–Trinajstić information content (AvgIpc) is 2.61. The number of carbonyl (C=O) groups excluding carboxylic acids is 2. The first-order valence-corrected chi connectivity index (χ1v) is 9.23. The largest absolute Gasteiger partial charge is 0.368 e. The normalized spacial score (nSPS) is 22.3. The van der Waals surface area contributed by atoms with E-state index in [-0.39, 0.29) is 5.91 Å². The van der Waals surface area contributed by atoms with Crippen molar-refractivity contribution in [2.24, 2.45) is 11.7 Å². The van der Waals surface area contributed by atoms with Gasteiger partial charge in [-0.05, 0) is 45.2 Å². The number of hydrogen-bond acceptors (Lipinski definition) is 4. The van der Waals surface area contributed by atoms with Gasteiger partial charge < -0.3 is 16.0 Å². The van der Waals surface area contributed by atoms with Crippen molar-refractivity contribution < 1.29 is 9.59 Å². The molecule has 2 amide bonds. The second-order valence-corrected chi connectivity index (χ2v) is 7.28. The van der Waals surface area contributed by atoms with E-state index in [4.69, 9.17) is 5.73 Å². The van der Waals surface area contributed by atoms with Crippen LogP contribution in [0.5, 0.6) is 0 Å². The molecule has 134 valence electrons. The van der Waals surface area contributed by atoms with Gasteiger partial charge in [0.15, 0.2) is 0 Å². The fourth-order valence-electron chi connectivity index (χ4n) is 4.12. The van der Waals surface area contributed by atoms with Crippen LogP contribution in [0.4, 0.5) is 0 Å². The Bertz CT molecular complexity index is 488. The van der Waals surface area contributed by atoms with E-state index in [0.29, 0.717) is 38.3 Å². The Kier molecular flexibility index (Phi) is 6.61. The van der Waals surface area contributed by atoms with Crippen LogP contribution in [0.25, 0.3) is 0 Å². The lowest BCUT2D eigenvalue weighted by atomic mass is 9.84. The Balaban J connectivity index is 2.11. The summed E-state index contributed by atoms with van der Waals surface area (Å²) in [6.07, 6.45) is 8.48. The summed E-state index contributed by atoms with van der Waals surface area (Å²) in [5, 5.41) is 13.0. The highest BCUT2D eigenvalue weighted by Crippen LogP contribution is 2.31. The number of primary amides is 1. The van der Waals surface area contributed by atoms with Crippen LogP contribution in [0.3, 0.4) is 0 Å². The summed E-state index contributed by atoms with van der Waals surface area (Å²) in [5.74, 6) is -0.0519. The number of nitrogens with two attached hydrogens (primary N) is 1. The molecule has 0 aromatic rings. The quantitative estimate of drug-likeness (QED) is 0.772. The van der Waals surface area contributed by atoms with Gasteiger partial charge in [-0.25, -0.2) is 0 Å². The van der Waals surface area contributed by atoms with Gasteiger partial charge in [0.05, 0.1) is 6.07 Å². The van der Waals surface area contributed by atoms with Crippen molar-refractivity contribution in [3.05, 3.63) is 0 Å². The molecule has 2 aliphatic rings. The first-order chi connectivity index (χ1) is 11.5. The number of rotatable bonds is 6. The molecule has 1 aliphatic carbocycles. The van der Waals surface area contributed by atoms with Gasteiger partial charge in [0, 0.05) is 6.42 Å². The maximum absolute atomic E-state index is 12.9. The number of carbonyl (C=O) groups is 2. The van der Waals surface area contributed by atoms with E-state index in [1.54, 1.807) is 6.92 Å². The van der Waals surface area contributed by atoms with E-state index in [1.807, 2.05) is 0 Å². The zero-order valence-electron chi connectivity index (χ0n) is 14.7. The minimum atomic E-state index is -0.913. The highest BCUT2D eigenvalue weighted by Gasteiger charge is 2.44. The molecular formula is C18H30N4O2. The van der Waals surface area contributed by atoms with Crippen LogP contribution in [0.2, 0.25) is 0 Å². The second-order valence-electron chi connectivity index (χ2n) is 7.28. The summed E-state index contributed by atoms with van der Waals surface area (Å²) in [6.45, 7) is 2.98. The van der Waals surface area contributed by atoms with E-state index in [2.05, 4.69) is 11.4 Å². The molecule has 1 saturated heterocycles. The molecule has 2 rings (SSSR count). The van der Waals surface area contributed by atoms with Crippen molar-refractivity contribution >= 4 is 11.8 Å². The molecule has 1 heterocycles. The molecule has 0 bridgehead atoms. The summed E-state index contributed by atoms with van der Waals surface area (Å²) in [6, 6.07) is 1.58. The number of nitrogens with one attached hydrogen (secondary N) is 1. The SMILES string of the molecule is CC(C(N)=O)N(C(=O)CCC1CCCCC1)C1(C#N)CCNCC1. The fraction of sp³-hybridized carbons (Fsp3) is 0.833. The third-order valence-corrected chi connectivity index (χ3v) is 5.66. The fourth-order valence-corrected chi connectivity index (χ4v) is 4.12. The maximum atomic E-state index is 12.9. The van der Waals surface area contributed by atoms with Gasteiger partial charge in [0.2, 0.25) is 11.8 Å². The number of amides is 2. The van der Waals surface area contributed by atoms with Crippen LogP contribution in [-0.2, 0) is 9.59 Å². The van der Waals surface area contributed by atoms with Crippen LogP contribution >= 0.6 is 0 Å². The molecule has 0 aromatic carbocycles. The summed E-state index contributed by atoms with van der Waals surface area (Å²) in [7, 11) is 0. The summed E-state index contributed by atoms with van der Waals surface area (Å²) < 4.78 is 0. The van der Waals surface area contributed by atoms with Crippen LogP contribution in [0, 0.1) is 17.2 Å². The molecule has 6 nitrogen and oxygen atoms in total. The molecule has 2 fully saturated rings. The van der Waals surface area contributed by atoms with Crippen molar-refractivity contribution in [1.29, 1.82) is 5.26 Å². The maximum Gasteiger partial charge on any atom is 0.240 e. The Labute approximate surface area is 144 Å². The van der Waals surface area contributed by atoms with Crippen molar-refractivity contribution in [2.75, 3.05) is 13.1 Å². The zero-order valence-corrected chi connectivity index (χ0v) is 14.7. The van der Waals surface area contributed by atoms with Crippen LogP contribution in [0.1, 0.15) is 64.7 Å². The number of piperidine rings is 1. The summed E-state index contributed by atoms with van der Waals surface area (Å²) in [5.41, 5.74) is 4.56. The van der Waals surface area contributed by atoms with Crippen molar-refractivity contribution in [1.82, 2.24) is 10.2 Å². The highest BCUT2D eigenvalue weighted by atomic mass is 16.2. The smallest absolute Gasteiger partial charge is 0.240 e. The average molecular weight is 334 g/mol. The molecule has 24 heavy (non-hydrogen) atoms. The molecule has 0 aromatic heterocycles. The van der Waals surface area contributed by atoms with Crippen LogP contribution in [0.15, 0.2) is 0 Å². The monoisotopic (exact) mass is 334 g/mol. The third kappa shape index (κ3) is 4.27. The Morgan fingerprint density at radius 2 is 1.92 bits per heavy atom. The highest BCUT2D eigenvalue weighted by molar-refractivity contribution is 5.87. The number of nitriles is 1. The molecule has 1 atom stereocenters. The lowest BCUT2D eigenvalue weighted by Crippen LogP contribution is -2.61. The van der Waals surface area contributed by atoms with E-state index < -0.39 is 17.5 Å². The molecule has 0 radical (unpaired) electrons. The molecule has 6 heteroatoms. The standard InChI is InChI=1S/C18H30N4O2/c1-14(17(20)24)22(18(13-19)9-11-21-12-10-18)16(23)8-7-15-5-3-2-4-6-15/h14-15,21H,2-12H2,1H3,(H2,20,24). The summed E-state index contributed by atoms with van der Waals surface area (Å²) in [4.78, 5) is 26.2. The predicted molar refractivity (Wildman–Crippen MR) is 91.8 cm³/mol. The third-order valence-electron chi connectivity index (χ3n) is 5.66. The van der Waals surface area contributed by atoms with Crippen molar-refractivity contribution in [3.8, 4) is 6.07 Å². The molecule has 1 aliphatic heterocycles. The van der Waals surface area contributed by atoms with Crippen molar-refractivity contribution in [3.63, 3.8) is 0 Å². The first kappa shape index (κ1) is 18.7. The molecule has 0 spiro atoms. The van der Waals surface area contributed by atoms with E-state index in [0.717, 1.165) is 6.42 Å². The minimum absolute atomic E-state index is 0.102. The topological polar surface area (TPSA) is 99.2 Å². The molecule has 1 unspecified atom stereocenters. The second kappa shape index (κ2) is 8.48. The Morgan fingerprint density at radius 1 is 1.29 bits per heavy atom. The Hall–Kier alpha value is -1.61. The minimum Gasteiger partial charge on any atom is -0.368 e. The van der Waals surface area contributed by atoms with Gasteiger partial charge in [0.1, 0.15) is 11.6 Å². The van der Waals surface area contributed by atoms with Crippen molar-refractivity contribution in [2.45, 2.75) is 76.3 Å². The molecule has 1 saturated carbocycles. The van der Waals surface area contributed by atoms with Gasteiger partial charge in [-0.15, -0.1) is 0 Å². The summed E-state index contributed by atoms with van der Waals surface area (Å²) >= 11 is 0. The van der Waals surface area contributed by atoms with Gasteiger partial charge in [-0.3, -0.25) is 9.59 Å². The van der Waals surface area contributed by atoms with Gasteiger partial charge >= 0.3 is 0 Å². The lowest BCUT2D eigenvalue weighted by Gasteiger charge is -2.44. The van der Waals surface area contributed by atoms with E-state index in [1.165, 1.54) is 37.0 Å². The zero-order chi connectivity index (χ0) is 17.6. The van der Waals surface area contributed by atoms with E-state index in [9.17, 15) is 14.9 Å².